The minimum absolute atomic E-state index is 0.0737. The maximum atomic E-state index is 12.7. The molecule has 1 saturated carbocycles. The molecule has 3 heteroatoms. The zero-order valence-corrected chi connectivity index (χ0v) is 11.4. The largest absolute Gasteiger partial charge is 0.325 e. The van der Waals surface area contributed by atoms with Gasteiger partial charge in [0, 0.05) is 23.9 Å². The van der Waals surface area contributed by atoms with E-state index in [-0.39, 0.29) is 5.78 Å². The molecule has 0 unspecified atom stereocenters. The monoisotopic (exact) mass is 266 g/mol. The summed E-state index contributed by atoms with van der Waals surface area (Å²) in [5.74, 6) is 0.621. The molecule has 0 aliphatic heterocycles. The number of hydrogen-bond donors (Lipinski definition) is 1. The van der Waals surface area contributed by atoms with E-state index in [4.69, 9.17) is 5.73 Å². The van der Waals surface area contributed by atoms with Crippen LogP contribution in [0.25, 0.3) is 0 Å². The Bertz CT molecular complexity index is 632. The van der Waals surface area contributed by atoms with Gasteiger partial charge in [0.1, 0.15) is 0 Å². The summed E-state index contributed by atoms with van der Waals surface area (Å²) < 4.78 is 0. The fourth-order valence-corrected chi connectivity index (χ4v) is 2.67. The second-order valence-corrected chi connectivity index (χ2v) is 5.28. The molecule has 0 radical (unpaired) electrons. The molecule has 1 aromatic heterocycles. The van der Waals surface area contributed by atoms with Gasteiger partial charge in [-0.3, -0.25) is 9.78 Å². The number of hydrogen-bond acceptors (Lipinski definition) is 3. The van der Waals surface area contributed by atoms with Crippen molar-refractivity contribution in [1.82, 2.24) is 4.98 Å². The molecule has 1 heterocycles. The molecule has 0 bridgehead atoms. The Morgan fingerprint density at radius 3 is 2.75 bits per heavy atom. The van der Waals surface area contributed by atoms with Crippen molar-refractivity contribution in [1.29, 1.82) is 0 Å². The molecule has 0 saturated heterocycles. The number of benzene rings is 1. The first kappa shape index (κ1) is 13.0. The van der Waals surface area contributed by atoms with E-state index in [0.717, 1.165) is 11.3 Å². The van der Waals surface area contributed by atoms with Gasteiger partial charge in [-0.2, -0.15) is 0 Å². The van der Waals surface area contributed by atoms with Gasteiger partial charge in [0.05, 0.1) is 5.69 Å². The smallest absolute Gasteiger partial charge is 0.193 e. The third kappa shape index (κ3) is 2.37. The number of ketones is 1. The van der Waals surface area contributed by atoms with Crippen LogP contribution in [-0.2, 0) is 6.54 Å². The van der Waals surface area contributed by atoms with Crippen LogP contribution in [0.15, 0.2) is 42.6 Å². The highest BCUT2D eigenvalue weighted by Gasteiger charge is 2.24. The fourth-order valence-electron chi connectivity index (χ4n) is 2.67. The highest BCUT2D eigenvalue weighted by Crippen LogP contribution is 2.38. The van der Waals surface area contributed by atoms with Gasteiger partial charge >= 0.3 is 0 Å². The Morgan fingerprint density at radius 1 is 1.25 bits per heavy atom. The third-order valence-corrected chi connectivity index (χ3v) is 4.04. The van der Waals surface area contributed by atoms with E-state index in [2.05, 4.69) is 11.1 Å². The van der Waals surface area contributed by atoms with Gasteiger partial charge in [-0.05, 0) is 36.5 Å². The van der Waals surface area contributed by atoms with E-state index in [9.17, 15) is 4.79 Å². The maximum absolute atomic E-state index is 12.7. The van der Waals surface area contributed by atoms with Gasteiger partial charge in [-0.1, -0.05) is 30.7 Å². The molecule has 1 aromatic carbocycles. The van der Waals surface area contributed by atoms with Crippen LogP contribution in [0.3, 0.4) is 0 Å². The Balaban J connectivity index is 1.97. The van der Waals surface area contributed by atoms with Crippen LogP contribution in [0.4, 0.5) is 0 Å². The Kier molecular flexibility index (Phi) is 3.61. The summed E-state index contributed by atoms with van der Waals surface area (Å²) in [6.07, 6.45) is 5.30. The predicted molar refractivity (Wildman–Crippen MR) is 78.6 cm³/mol. The molecule has 2 aromatic rings. The lowest BCUT2D eigenvalue weighted by Crippen LogP contribution is -2.14. The summed E-state index contributed by atoms with van der Waals surface area (Å²) in [7, 11) is 0. The average Bonchev–Trinajstić information content (AvgIpc) is 2.45. The summed E-state index contributed by atoms with van der Waals surface area (Å²) in [6, 6.07) is 11.5. The zero-order chi connectivity index (χ0) is 13.9. The summed E-state index contributed by atoms with van der Waals surface area (Å²) in [4.78, 5) is 16.9. The molecule has 3 rings (SSSR count). The van der Waals surface area contributed by atoms with E-state index in [1.54, 1.807) is 18.3 Å². The number of pyridine rings is 1. The number of aromatic nitrogens is 1. The lowest BCUT2D eigenvalue weighted by Gasteiger charge is -2.27. The molecule has 0 atom stereocenters. The van der Waals surface area contributed by atoms with Gasteiger partial charge in [0.25, 0.3) is 0 Å². The van der Waals surface area contributed by atoms with Crippen LogP contribution in [-0.4, -0.2) is 10.8 Å². The van der Waals surface area contributed by atoms with E-state index in [1.807, 2.05) is 18.2 Å². The van der Waals surface area contributed by atoms with Crippen molar-refractivity contribution in [2.75, 3.05) is 0 Å². The first-order valence-corrected chi connectivity index (χ1v) is 7.08. The van der Waals surface area contributed by atoms with E-state index in [1.165, 1.54) is 24.8 Å². The second kappa shape index (κ2) is 5.55. The molecule has 20 heavy (non-hydrogen) atoms. The molecule has 102 valence electrons. The molecule has 0 amide bonds. The molecule has 1 fully saturated rings. The quantitative estimate of drug-likeness (QED) is 0.865. The summed E-state index contributed by atoms with van der Waals surface area (Å²) in [5.41, 5.74) is 9.03. The van der Waals surface area contributed by atoms with Gasteiger partial charge in [-0.15, -0.1) is 0 Å². The van der Waals surface area contributed by atoms with E-state index >= 15 is 0 Å². The molecule has 3 nitrogen and oxygen atoms in total. The Labute approximate surface area is 118 Å². The van der Waals surface area contributed by atoms with Crippen molar-refractivity contribution in [2.24, 2.45) is 5.73 Å². The van der Waals surface area contributed by atoms with Crippen molar-refractivity contribution in [2.45, 2.75) is 31.7 Å². The van der Waals surface area contributed by atoms with E-state index < -0.39 is 0 Å². The lowest BCUT2D eigenvalue weighted by molar-refractivity contribution is 0.103. The number of rotatable bonds is 4. The first-order valence-electron chi connectivity index (χ1n) is 7.08. The van der Waals surface area contributed by atoms with Crippen LogP contribution in [0.2, 0.25) is 0 Å². The summed E-state index contributed by atoms with van der Waals surface area (Å²) >= 11 is 0. The zero-order valence-electron chi connectivity index (χ0n) is 11.4. The number of nitrogens with zero attached hydrogens (tertiary/aromatic N) is 1. The number of carbonyl (C=O) groups excluding carboxylic acids is 1. The van der Waals surface area contributed by atoms with Gasteiger partial charge < -0.3 is 5.73 Å². The van der Waals surface area contributed by atoms with Gasteiger partial charge in [0.2, 0.25) is 0 Å². The standard InChI is InChI=1S/C17H18N2O/c18-11-14-10-13(8-9-19-14)17(20)16-7-2-1-6-15(16)12-4-3-5-12/h1-2,6-10,12H,3-5,11,18H2. The molecule has 2 N–H and O–H groups in total. The summed E-state index contributed by atoms with van der Waals surface area (Å²) in [6.45, 7) is 0.353. The van der Waals surface area contributed by atoms with Crippen LogP contribution < -0.4 is 5.73 Å². The predicted octanol–water partition coefficient (Wildman–Crippen LogP) is 3.04. The molecule has 1 aliphatic carbocycles. The second-order valence-electron chi connectivity index (χ2n) is 5.28. The highest BCUT2D eigenvalue weighted by molar-refractivity contribution is 6.10. The average molecular weight is 266 g/mol. The fraction of sp³-hybridized carbons (Fsp3) is 0.294. The van der Waals surface area contributed by atoms with Crippen LogP contribution in [0, 0.1) is 0 Å². The molecular weight excluding hydrogens is 248 g/mol. The topological polar surface area (TPSA) is 56.0 Å². The van der Waals surface area contributed by atoms with Crippen LogP contribution >= 0.6 is 0 Å². The van der Waals surface area contributed by atoms with Crippen LogP contribution in [0.1, 0.15) is 52.4 Å². The van der Waals surface area contributed by atoms with E-state index in [0.29, 0.717) is 18.0 Å². The Hall–Kier alpha value is -2.00. The maximum Gasteiger partial charge on any atom is 0.193 e. The third-order valence-electron chi connectivity index (χ3n) is 4.04. The first-order chi connectivity index (χ1) is 9.79. The molecule has 1 aliphatic rings. The molecular formula is C17H18N2O. The number of nitrogens with two attached hydrogens (primary N) is 1. The normalized spacial score (nSPS) is 14.8. The van der Waals surface area contributed by atoms with Crippen molar-refractivity contribution in [3.63, 3.8) is 0 Å². The molecule has 0 spiro atoms. The van der Waals surface area contributed by atoms with Gasteiger partial charge in [-0.25, -0.2) is 0 Å². The minimum Gasteiger partial charge on any atom is -0.325 e. The van der Waals surface area contributed by atoms with Gasteiger partial charge in [0.15, 0.2) is 5.78 Å². The Morgan fingerprint density at radius 2 is 2.05 bits per heavy atom. The van der Waals surface area contributed by atoms with Crippen molar-refractivity contribution < 1.29 is 4.79 Å². The lowest BCUT2D eigenvalue weighted by atomic mass is 9.77. The highest BCUT2D eigenvalue weighted by atomic mass is 16.1. The summed E-state index contributed by atoms with van der Waals surface area (Å²) in [5, 5.41) is 0. The van der Waals surface area contributed by atoms with Crippen LogP contribution in [0.5, 0.6) is 0 Å². The van der Waals surface area contributed by atoms with Crippen molar-refractivity contribution >= 4 is 5.78 Å². The van der Waals surface area contributed by atoms with Crippen molar-refractivity contribution in [3.8, 4) is 0 Å². The van der Waals surface area contributed by atoms with Crippen molar-refractivity contribution in [3.05, 3.63) is 65.0 Å². The number of carbonyl (C=O) groups is 1. The SMILES string of the molecule is NCc1cc(C(=O)c2ccccc2C2CCC2)ccn1. The minimum atomic E-state index is 0.0737.